The smallest absolute Gasteiger partial charge is 0.183 e. The average Bonchev–Trinajstić information content (AvgIpc) is 2.81. The molecule has 0 spiro atoms. The summed E-state index contributed by atoms with van der Waals surface area (Å²) in [6.45, 7) is 3.46. The fourth-order valence-corrected chi connectivity index (χ4v) is 3.59. The highest BCUT2D eigenvalue weighted by Crippen LogP contribution is 2.30. The lowest BCUT2D eigenvalue weighted by Crippen LogP contribution is -2.20. The summed E-state index contributed by atoms with van der Waals surface area (Å²) in [5, 5.41) is 4.60. The van der Waals surface area contributed by atoms with Crippen molar-refractivity contribution in [2.45, 2.75) is 32.6 Å². The molecule has 18 heavy (non-hydrogen) atoms. The summed E-state index contributed by atoms with van der Waals surface area (Å²) in [6.07, 6.45) is 5.54. The summed E-state index contributed by atoms with van der Waals surface area (Å²) < 4.78 is 1.28. The van der Waals surface area contributed by atoms with Gasteiger partial charge in [-0.25, -0.2) is 4.98 Å². The van der Waals surface area contributed by atoms with Gasteiger partial charge in [0.15, 0.2) is 5.13 Å². The Balaban J connectivity index is 1.59. The van der Waals surface area contributed by atoms with Crippen LogP contribution in [-0.4, -0.2) is 11.5 Å². The van der Waals surface area contributed by atoms with E-state index < -0.39 is 0 Å². The van der Waals surface area contributed by atoms with Crippen molar-refractivity contribution in [1.82, 2.24) is 4.98 Å². The number of benzene rings is 1. The van der Waals surface area contributed by atoms with Crippen LogP contribution in [0.15, 0.2) is 24.3 Å². The highest BCUT2D eigenvalue weighted by Gasteiger charge is 2.18. The second-order valence-electron chi connectivity index (χ2n) is 5.49. The standard InChI is InChI=1S/C15H20N2S/c1-11-6-8-12(9-7-11)10-16-15-17-13-4-2-3-5-14(13)18-15/h2-5,11-12H,6-10H2,1H3,(H,16,17). The largest absolute Gasteiger partial charge is 0.361 e. The molecule has 1 aromatic carbocycles. The van der Waals surface area contributed by atoms with Gasteiger partial charge in [0, 0.05) is 6.54 Å². The Kier molecular flexibility index (Phi) is 3.50. The van der Waals surface area contributed by atoms with Crippen LogP contribution in [0.1, 0.15) is 32.6 Å². The van der Waals surface area contributed by atoms with Gasteiger partial charge in [-0.15, -0.1) is 0 Å². The molecule has 96 valence electrons. The molecule has 2 nitrogen and oxygen atoms in total. The van der Waals surface area contributed by atoms with Crippen LogP contribution in [0.2, 0.25) is 0 Å². The van der Waals surface area contributed by atoms with Gasteiger partial charge in [0.25, 0.3) is 0 Å². The van der Waals surface area contributed by atoms with Crippen LogP contribution >= 0.6 is 11.3 Å². The number of hydrogen-bond acceptors (Lipinski definition) is 3. The van der Waals surface area contributed by atoms with Crippen LogP contribution < -0.4 is 5.32 Å². The monoisotopic (exact) mass is 260 g/mol. The minimum absolute atomic E-state index is 0.841. The quantitative estimate of drug-likeness (QED) is 0.876. The molecule has 3 heteroatoms. The second-order valence-corrected chi connectivity index (χ2v) is 6.52. The molecular weight excluding hydrogens is 240 g/mol. The molecule has 2 aromatic rings. The van der Waals surface area contributed by atoms with E-state index in [0.29, 0.717) is 0 Å². The minimum atomic E-state index is 0.841. The molecular formula is C15H20N2S. The predicted molar refractivity (Wildman–Crippen MR) is 79.2 cm³/mol. The number of nitrogens with zero attached hydrogens (tertiary/aromatic N) is 1. The molecule has 0 amide bonds. The molecule has 0 atom stereocenters. The van der Waals surface area contributed by atoms with Crippen LogP contribution in [0.4, 0.5) is 5.13 Å². The highest BCUT2D eigenvalue weighted by molar-refractivity contribution is 7.22. The summed E-state index contributed by atoms with van der Waals surface area (Å²) in [4.78, 5) is 4.62. The molecule has 1 aliphatic carbocycles. The first-order chi connectivity index (χ1) is 8.81. The van der Waals surface area contributed by atoms with Gasteiger partial charge in [0.1, 0.15) is 0 Å². The number of thiazole rings is 1. The molecule has 1 heterocycles. The van der Waals surface area contributed by atoms with Gasteiger partial charge in [0.2, 0.25) is 0 Å². The lowest BCUT2D eigenvalue weighted by atomic mass is 9.83. The van der Waals surface area contributed by atoms with Crippen LogP contribution in [0, 0.1) is 11.8 Å². The van der Waals surface area contributed by atoms with Gasteiger partial charge >= 0.3 is 0 Å². The maximum atomic E-state index is 4.62. The average molecular weight is 260 g/mol. The lowest BCUT2D eigenvalue weighted by Gasteiger charge is -2.26. The van der Waals surface area contributed by atoms with Crippen LogP contribution in [0.5, 0.6) is 0 Å². The van der Waals surface area contributed by atoms with Crippen molar-refractivity contribution in [3.8, 4) is 0 Å². The molecule has 1 fully saturated rings. The van der Waals surface area contributed by atoms with E-state index in [0.717, 1.165) is 29.0 Å². The number of hydrogen-bond donors (Lipinski definition) is 1. The van der Waals surface area contributed by atoms with Crippen molar-refractivity contribution in [3.05, 3.63) is 24.3 Å². The van der Waals surface area contributed by atoms with Crippen molar-refractivity contribution in [3.63, 3.8) is 0 Å². The van der Waals surface area contributed by atoms with E-state index in [2.05, 4.69) is 35.4 Å². The third-order valence-electron chi connectivity index (χ3n) is 3.97. The molecule has 0 radical (unpaired) electrons. The van der Waals surface area contributed by atoms with Crippen LogP contribution in [-0.2, 0) is 0 Å². The van der Waals surface area contributed by atoms with Gasteiger partial charge in [-0.2, -0.15) is 0 Å². The molecule has 0 saturated heterocycles. The Morgan fingerprint density at radius 3 is 2.78 bits per heavy atom. The maximum absolute atomic E-state index is 4.62. The first-order valence-electron chi connectivity index (χ1n) is 6.90. The predicted octanol–water partition coefficient (Wildman–Crippen LogP) is 4.53. The summed E-state index contributed by atoms with van der Waals surface area (Å²) in [7, 11) is 0. The number of rotatable bonds is 3. The van der Waals surface area contributed by atoms with E-state index >= 15 is 0 Å². The van der Waals surface area contributed by atoms with Crippen LogP contribution in [0.3, 0.4) is 0 Å². The Labute approximate surface area is 112 Å². The minimum Gasteiger partial charge on any atom is -0.361 e. The highest BCUT2D eigenvalue weighted by atomic mass is 32.1. The molecule has 1 aliphatic rings. The number of fused-ring (bicyclic) bond motifs is 1. The zero-order valence-electron chi connectivity index (χ0n) is 10.9. The fourth-order valence-electron chi connectivity index (χ4n) is 2.71. The third-order valence-corrected chi connectivity index (χ3v) is 4.97. The number of para-hydroxylation sites is 1. The normalized spacial score (nSPS) is 24.3. The molecule has 1 N–H and O–H groups in total. The summed E-state index contributed by atoms with van der Waals surface area (Å²) in [5.74, 6) is 1.77. The van der Waals surface area contributed by atoms with Crippen molar-refractivity contribution < 1.29 is 0 Å². The molecule has 0 aliphatic heterocycles. The molecule has 1 aromatic heterocycles. The van der Waals surface area contributed by atoms with Crippen LogP contribution in [0.25, 0.3) is 10.2 Å². The molecule has 1 saturated carbocycles. The molecule has 0 unspecified atom stereocenters. The SMILES string of the molecule is CC1CCC(CNc2nc3ccccc3s2)CC1. The van der Waals surface area contributed by atoms with Gasteiger partial charge in [-0.3, -0.25) is 0 Å². The summed E-state index contributed by atoms with van der Waals surface area (Å²) >= 11 is 1.76. The van der Waals surface area contributed by atoms with Crippen molar-refractivity contribution in [2.75, 3.05) is 11.9 Å². The maximum Gasteiger partial charge on any atom is 0.183 e. The Hall–Kier alpha value is -1.09. The van der Waals surface area contributed by atoms with E-state index in [1.807, 2.05) is 6.07 Å². The van der Waals surface area contributed by atoms with Gasteiger partial charge in [-0.1, -0.05) is 43.2 Å². The van der Waals surface area contributed by atoms with Crippen molar-refractivity contribution in [2.24, 2.45) is 11.8 Å². The summed E-state index contributed by atoms with van der Waals surface area (Å²) in [6, 6.07) is 8.35. The lowest BCUT2D eigenvalue weighted by molar-refractivity contribution is 0.300. The van der Waals surface area contributed by atoms with E-state index in [-0.39, 0.29) is 0 Å². The van der Waals surface area contributed by atoms with Gasteiger partial charge < -0.3 is 5.32 Å². The summed E-state index contributed by atoms with van der Waals surface area (Å²) in [5.41, 5.74) is 1.11. The topological polar surface area (TPSA) is 24.9 Å². The Bertz CT molecular complexity index is 479. The van der Waals surface area contributed by atoms with E-state index in [4.69, 9.17) is 0 Å². The third kappa shape index (κ3) is 2.66. The van der Waals surface area contributed by atoms with Crippen molar-refractivity contribution in [1.29, 1.82) is 0 Å². The number of aromatic nitrogens is 1. The van der Waals surface area contributed by atoms with Gasteiger partial charge in [0.05, 0.1) is 10.2 Å². The Morgan fingerprint density at radius 1 is 1.22 bits per heavy atom. The second kappa shape index (κ2) is 5.27. The first-order valence-corrected chi connectivity index (χ1v) is 7.72. The number of nitrogens with one attached hydrogen (secondary N) is 1. The zero-order valence-corrected chi connectivity index (χ0v) is 11.7. The van der Waals surface area contributed by atoms with Gasteiger partial charge in [-0.05, 0) is 36.8 Å². The first kappa shape index (κ1) is 12.0. The Morgan fingerprint density at radius 2 is 2.00 bits per heavy atom. The van der Waals surface area contributed by atoms with E-state index in [1.165, 1.54) is 30.4 Å². The number of anilines is 1. The molecule has 0 bridgehead atoms. The molecule has 3 rings (SSSR count). The van der Waals surface area contributed by atoms with E-state index in [1.54, 1.807) is 11.3 Å². The van der Waals surface area contributed by atoms with Crippen molar-refractivity contribution >= 4 is 26.7 Å². The zero-order chi connectivity index (χ0) is 12.4. The fraction of sp³-hybridized carbons (Fsp3) is 0.533. The van der Waals surface area contributed by atoms with E-state index in [9.17, 15) is 0 Å².